The molecular formula is C14H16ClN3O. The first-order valence-electron chi connectivity index (χ1n) is 6.09. The molecule has 0 aliphatic heterocycles. The second-order valence-corrected chi connectivity index (χ2v) is 4.47. The van der Waals surface area contributed by atoms with Crippen LogP contribution in [0.4, 0.5) is 5.82 Å². The van der Waals surface area contributed by atoms with E-state index in [0.29, 0.717) is 17.5 Å². The third-order valence-corrected chi connectivity index (χ3v) is 2.78. The smallest absolute Gasteiger partial charge is 0.161 e. The van der Waals surface area contributed by atoms with Crippen molar-refractivity contribution in [1.29, 1.82) is 0 Å². The molecule has 1 heterocycles. The molecule has 0 saturated carbocycles. The Balaban J connectivity index is 2.40. The molecule has 0 amide bonds. The zero-order valence-corrected chi connectivity index (χ0v) is 11.7. The second kappa shape index (κ2) is 6.50. The van der Waals surface area contributed by atoms with Crippen molar-refractivity contribution in [3.8, 4) is 11.4 Å². The van der Waals surface area contributed by atoms with Crippen LogP contribution in [-0.2, 0) is 11.3 Å². The third kappa shape index (κ3) is 3.66. The number of rotatable bonds is 5. The van der Waals surface area contributed by atoms with Crippen molar-refractivity contribution in [2.75, 3.05) is 19.0 Å². The summed E-state index contributed by atoms with van der Waals surface area (Å²) < 4.78 is 5.13. The van der Waals surface area contributed by atoms with Crippen LogP contribution in [0.25, 0.3) is 11.4 Å². The zero-order valence-electron chi connectivity index (χ0n) is 11.0. The molecule has 1 N–H and O–H groups in total. The molecule has 4 nitrogen and oxygen atoms in total. The lowest BCUT2D eigenvalue weighted by atomic mass is 10.2. The van der Waals surface area contributed by atoms with Crippen molar-refractivity contribution in [3.63, 3.8) is 0 Å². The van der Waals surface area contributed by atoms with Gasteiger partial charge in [-0.25, -0.2) is 9.97 Å². The van der Waals surface area contributed by atoms with E-state index in [9.17, 15) is 0 Å². The van der Waals surface area contributed by atoms with Gasteiger partial charge in [0.1, 0.15) is 5.82 Å². The number of methoxy groups -OCH3 is 1. The fraction of sp³-hybridized carbons (Fsp3) is 0.286. The van der Waals surface area contributed by atoms with E-state index in [1.165, 1.54) is 0 Å². The standard InChI is InChI=1S/C14H16ClN3O/c1-3-16-13-8-12(9-19-2)17-14(18-13)10-4-6-11(15)7-5-10/h4-8H,3,9H2,1-2H3,(H,16,17,18). The Labute approximate surface area is 117 Å². The van der Waals surface area contributed by atoms with Gasteiger partial charge in [-0.05, 0) is 31.2 Å². The van der Waals surface area contributed by atoms with Crippen LogP contribution in [0.3, 0.4) is 0 Å². The van der Waals surface area contributed by atoms with Crippen molar-refractivity contribution in [3.05, 3.63) is 41.0 Å². The van der Waals surface area contributed by atoms with E-state index >= 15 is 0 Å². The fourth-order valence-electron chi connectivity index (χ4n) is 1.72. The first-order chi connectivity index (χ1) is 9.22. The predicted octanol–water partition coefficient (Wildman–Crippen LogP) is 3.38. The summed E-state index contributed by atoms with van der Waals surface area (Å²) >= 11 is 5.89. The summed E-state index contributed by atoms with van der Waals surface area (Å²) in [6.45, 7) is 3.30. The molecule has 100 valence electrons. The van der Waals surface area contributed by atoms with E-state index in [-0.39, 0.29) is 0 Å². The van der Waals surface area contributed by atoms with Gasteiger partial charge in [0.15, 0.2) is 5.82 Å². The Morgan fingerprint density at radius 2 is 1.95 bits per heavy atom. The van der Waals surface area contributed by atoms with E-state index in [0.717, 1.165) is 23.6 Å². The molecule has 2 aromatic rings. The molecule has 2 rings (SSSR count). The van der Waals surface area contributed by atoms with Gasteiger partial charge in [0.2, 0.25) is 0 Å². The first kappa shape index (κ1) is 13.8. The number of benzene rings is 1. The third-order valence-electron chi connectivity index (χ3n) is 2.53. The Morgan fingerprint density at radius 3 is 2.58 bits per heavy atom. The summed E-state index contributed by atoms with van der Waals surface area (Å²) in [7, 11) is 1.65. The van der Waals surface area contributed by atoms with Gasteiger partial charge < -0.3 is 10.1 Å². The first-order valence-corrected chi connectivity index (χ1v) is 6.47. The second-order valence-electron chi connectivity index (χ2n) is 4.04. The number of anilines is 1. The predicted molar refractivity (Wildman–Crippen MR) is 77.4 cm³/mol. The topological polar surface area (TPSA) is 47.0 Å². The van der Waals surface area contributed by atoms with E-state index in [1.807, 2.05) is 37.3 Å². The number of aromatic nitrogens is 2. The van der Waals surface area contributed by atoms with Gasteiger partial charge >= 0.3 is 0 Å². The van der Waals surface area contributed by atoms with Crippen LogP contribution >= 0.6 is 11.6 Å². The molecule has 0 unspecified atom stereocenters. The molecular weight excluding hydrogens is 262 g/mol. The number of hydrogen-bond acceptors (Lipinski definition) is 4. The number of hydrogen-bond donors (Lipinski definition) is 1. The summed E-state index contributed by atoms with van der Waals surface area (Å²) in [6.07, 6.45) is 0. The largest absolute Gasteiger partial charge is 0.378 e. The monoisotopic (exact) mass is 277 g/mol. The van der Waals surface area contributed by atoms with Gasteiger partial charge in [0.05, 0.1) is 12.3 Å². The lowest BCUT2D eigenvalue weighted by molar-refractivity contribution is 0.181. The minimum atomic E-state index is 0.460. The summed E-state index contributed by atoms with van der Waals surface area (Å²) in [6, 6.07) is 9.37. The molecule has 1 aromatic carbocycles. The van der Waals surface area contributed by atoms with Gasteiger partial charge in [-0.15, -0.1) is 0 Å². The van der Waals surface area contributed by atoms with Crippen molar-refractivity contribution in [2.24, 2.45) is 0 Å². The maximum Gasteiger partial charge on any atom is 0.161 e. The highest BCUT2D eigenvalue weighted by atomic mass is 35.5. The summed E-state index contributed by atoms with van der Waals surface area (Å²) in [4.78, 5) is 8.97. The van der Waals surface area contributed by atoms with Crippen LogP contribution in [0.15, 0.2) is 30.3 Å². The van der Waals surface area contributed by atoms with Gasteiger partial charge in [-0.2, -0.15) is 0 Å². The average Bonchev–Trinajstić information content (AvgIpc) is 2.40. The van der Waals surface area contributed by atoms with Crippen LogP contribution in [0.5, 0.6) is 0 Å². The van der Waals surface area contributed by atoms with Crippen LogP contribution < -0.4 is 5.32 Å². The summed E-state index contributed by atoms with van der Waals surface area (Å²) in [5.74, 6) is 1.47. The fourth-order valence-corrected chi connectivity index (χ4v) is 1.85. The highest BCUT2D eigenvalue weighted by molar-refractivity contribution is 6.30. The van der Waals surface area contributed by atoms with Gasteiger partial charge in [-0.3, -0.25) is 0 Å². The highest BCUT2D eigenvalue weighted by Crippen LogP contribution is 2.20. The maximum atomic E-state index is 5.89. The molecule has 0 aliphatic carbocycles. The van der Waals surface area contributed by atoms with Crippen LogP contribution in [-0.4, -0.2) is 23.6 Å². The molecule has 0 spiro atoms. The number of halogens is 1. The van der Waals surface area contributed by atoms with Crippen molar-refractivity contribution >= 4 is 17.4 Å². The Morgan fingerprint density at radius 1 is 1.21 bits per heavy atom. The van der Waals surface area contributed by atoms with Crippen LogP contribution in [0, 0.1) is 0 Å². The molecule has 1 aromatic heterocycles. The summed E-state index contributed by atoms with van der Waals surface area (Å²) in [5, 5.41) is 3.89. The zero-order chi connectivity index (χ0) is 13.7. The average molecular weight is 278 g/mol. The van der Waals surface area contributed by atoms with Crippen LogP contribution in [0.2, 0.25) is 5.02 Å². The lowest BCUT2D eigenvalue weighted by Gasteiger charge is -2.08. The van der Waals surface area contributed by atoms with Crippen molar-refractivity contribution < 1.29 is 4.74 Å². The Kier molecular flexibility index (Phi) is 4.71. The normalized spacial score (nSPS) is 10.5. The molecule has 0 bridgehead atoms. The summed E-state index contributed by atoms with van der Waals surface area (Å²) in [5.41, 5.74) is 1.78. The number of nitrogens with one attached hydrogen (secondary N) is 1. The Bertz CT molecular complexity index is 519. The quantitative estimate of drug-likeness (QED) is 0.910. The van der Waals surface area contributed by atoms with E-state index in [4.69, 9.17) is 16.3 Å². The molecule has 5 heteroatoms. The molecule has 0 radical (unpaired) electrons. The van der Waals surface area contributed by atoms with Gasteiger partial charge in [0.25, 0.3) is 0 Å². The van der Waals surface area contributed by atoms with Crippen molar-refractivity contribution in [2.45, 2.75) is 13.5 Å². The minimum absolute atomic E-state index is 0.460. The van der Waals surface area contributed by atoms with Crippen LogP contribution in [0.1, 0.15) is 12.6 Å². The Hall–Kier alpha value is -1.65. The molecule has 0 fully saturated rings. The van der Waals surface area contributed by atoms with Gasteiger partial charge in [0, 0.05) is 30.3 Å². The SMILES string of the molecule is CCNc1cc(COC)nc(-c2ccc(Cl)cc2)n1. The van der Waals surface area contributed by atoms with E-state index in [1.54, 1.807) is 7.11 Å². The number of nitrogens with zero attached hydrogens (tertiary/aromatic N) is 2. The maximum absolute atomic E-state index is 5.89. The van der Waals surface area contributed by atoms with E-state index in [2.05, 4.69) is 15.3 Å². The highest BCUT2D eigenvalue weighted by Gasteiger charge is 2.06. The molecule has 0 saturated heterocycles. The van der Waals surface area contributed by atoms with Gasteiger partial charge in [-0.1, -0.05) is 11.6 Å². The van der Waals surface area contributed by atoms with Crippen molar-refractivity contribution in [1.82, 2.24) is 9.97 Å². The molecule has 0 atom stereocenters. The molecule has 0 aliphatic rings. The molecule has 19 heavy (non-hydrogen) atoms. The lowest BCUT2D eigenvalue weighted by Crippen LogP contribution is -2.04. The number of ether oxygens (including phenoxy) is 1. The van der Waals surface area contributed by atoms with E-state index < -0.39 is 0 Å². The minimum Gasteiger partial charge on any atom is -0.378 e.